The van der Waals surface area contributed by atoms with Gasteiger partial charge in [-0.15, -0.1) is 0 Å². The topological polar surface area (TPSA) is 38.3 Å². The molecule has 1 amide bonds. The third-order valence-corrected chi connectivity index (χ3v) is 4.09. The molecule has 0 fully saturated rings. The van der Waals surface area contributed by atoms with E-state index >= 15 is 0 Å². The molecule has 0 saturated heterocycles. The standard InChI is InChI=1S/C21H18ClNO2/c1-15(25-20-14-8-6-12-18(20)22)21(24)23-19-13-7-5-11-17(19)16-9-3-2-4-10-16/h2-15H,1H3,(H,23,24)/t15-/m1/s1. The van der Waals surface area contributed by atoms with Crippen molar-refractivity contribution in [1.29, 1.82) is 0 Å². The Balaban J connectivity index is 1.76. The van der Waals surface area contributed by atoms with E-state index in [0.717, 1.165) is 16.8 Å². The lowest BCUT2D eigenvalue weighted by atomic mass is 10.0. The van der Waals surface area contributed by atoms with Crippen LogP contribution in [0, 0.1) is 0 Å². The van der Waals surface area contributed by atoms with Crippen molar-refractivity contribution in [2.75, 3.05) is 5.32 Å². The van der Waals surface area contributed by atoms with Gasteiger partial charge >= 0.3 is 0 Å². The first-order chi connectivity index (χ1) is 12.1. The van der Waals surface area contributed by atoms with Gasteiger partial charge in [-0.2, -0.15) is 0 Å². The number of anilines is 1. The fourth-order valence-electron chi connectivity index (χ4n) is 2.48. The van der Waals surface area contributed by atoms with Gasteiger partial charge in [0, 0.05) is 11.3 Å². The Morgan fingerprint density at radius 2 is 1.56 bits per heavy atom. The number of hydrogen-bond donors (Lipinski definition) is 1. The molecule has 0 aliphatic carbocycles. The largest absolute Gasteiger partial charge is 0.479 e. The summed E-state index contributed by atoms with van der Waals surface area (Å²) in [6.45, 7) is 1.70. The molecule has 0 saturated carbocycles. The number of benzene rings is 3. The molecule has 126 valence electrons. The Morgan fingerprint density at radius 1 is 0.920 bits per heavy atom. The summed E-state index contributed by atoms with van der Waals surface area (Å²) in [5.74, 6) is 0.256. The SMILES string of the molecule is C[C@@H](Oc1ccccc1Cl)C(=O)Nc1ccccc1-c1ccccc1. The second-order valence-corrected chi connectivity index (χ2v) is 6.00. The van der Waals surface area contributed by atoms with Crippen LogP contribution in [0.25, 0.3) is 11.1 Å². The van der Waals surface area contributed by atoms with Crippen LogP contribution in [0.1, 0.15) is 6.92 Å². The van der Waals surface area contributed by atoms with Gasteiger partial charge in [0.25, 0.3) is 5.91 Å². The maximum atomic E-state index is 12.5. The number of hydrogen-bond acceptors (Lipinski definition) is 2. The average Bonchev–Trinajstić information content (AvgIpc) is 2.64. The monoisotopic (exact) mass is 351 g/mol. The second kappa shape index (κ2) is 7.86. The van der Waals surface area contributed by atoms with Crippen LogP contribution in [0.2, 0.25) is 5.02 Å². The predicted octanol–water partition coefficient (Wildman–Crippen LogP) is 5.41. The molecule has 0 aliphatic rings. The van der Waals surface area contributed by atoms with Gasteiger partial charge in [0.05, 0.1) is 5.02 Å². The summed E-state index contributed by atoms with van der Waals surface area (Å²) >= 11 is 6.08. The number of carbonyl (C=O) groups excluding carboxylic acids is 1. The molecular weight excluding hydrogens is 334 g/mol. The molecule has 0 aromatic heterocycles. The van der Waals surface area contributed by atoms with E-state index in [1.54, 1.807) is 19.1 Å². The Morgan fingerprint density at radius 3 is 2.32 bits per heavy atom. The molecule has 0 spiro atoms. The number of rotatable bonds is 5. The third-order valence-electron chi connectivity index (χ3n) is 3.78. The number of carbonyl (C=O) groups is 1. The highest BCUT2D eigenvalue weighted by Crippen LogP contribution is 2.28. The van der Waals surface area contributed by atoms with E-state index in [2.05, 4.69) is 5.32 Å². The fraction of sp³-hybridized carbons (Fsp3) is 0.0952. The van der Waals surface area contributed by atoms with Crippen LogP contribution >= 0.6 is 11.6 Å². The number of halogens is 1. The lowest BCUT2D eigenvalue weighted by molar-refractivity contribution is -0.122. The molecule has 0 unspecified atom stereocenters. The molecule has 0 aliphatic heterocycles. The highest BCUT2D eigenvalue weighted by Gasteiger charge is 2.17. The van der Waals surface area contributed by atoms with Crippen LogP contribution in [-0.2, 0) is 4.79 Å². The minimum atomic E-state index is -0.677. The number of para-hydroxylation sites is 2. The van der Waals surface area contributed by atoms with Gasteiger partial charge in [0.1, 0.15) is 5.75 Å². The van der Waals surface area contributed by atoms with Gasteiger partial charge in [-0.25, -0.2) is 0 Å². The molecule has 1 N–H and O–H groups in total. The summed E-state index contributed by atoms with van der Waals surface area (Å²) < 4.78 is 5.68. The third kappa shape index (κ3) is 4.20. The van der Waals surface area contributed by atoms with E-state index in [9.17, 15) is 4.79 Å². The summed E-state index contributed by atoms with van der Waals surface area (Å²) in [6.07, 6.45) is -0.677. The van der Waals surface area contributed by atoms with Crippen molar-refractivity contribution in [2.45, 2.75) is 13.0 Å². The van der Waals surface area contributed by atoms with Crippen molar-refractivity contribution in [2.24, 2.45) is 0 Å². The Labute approximate surface area is 152 Å². The van der Waals surface area contributed by atoms with Gasteiger partial charge < -0.3 is 10.1 Å². The predicted molar refractivity (Wildman–Crippen MR) is 102 cm³/mol. The van der Waals surface area contributed by atoms with E-state index < -0.39 is 6.10 Å². The van der Waals surface area contributed by atoms with Crippen molar-refractivity contribution in [3.63, 3.8) is 0 Å². The zero-order valence-electron chi connectivity index (χ0n) is 13.8. The van der Waals surface area contributed by atoms with Gasteiger partial charge in [0.15, 0.2) is 6.10 Å². The van der Waals surface area contributed by atoms with Gasteiger partial charge in [-0.05, 0) is 30.7 Å². The van der Waals surface area contributed by atoms with E-state index in [1.807, 2.05) is 66.7 Å². The molecule has 3 rings (SSSR count). The van der Waals surface area contributed by atoms with E-state index in [-0.39, 0.29) is 5.91 Å². The average molecular weight is 352 g/mol. The number of amides is 1. The second-order valence-electron chi connectivity index (χ2n) is 5.59. The zero-order chi connectivity index (χ0) is 17.6. The Kier molecular flexibility index (Phi) is 5.36. The summed E-state index contributed by atoms with van der Waals surface area (Å²) in [5, 5.41) is 3.42. The number of ether oxygens (including phenoxy) is 1. The van der Waals surface area contributed by atoms with Gasteiger partial charge in [-0.3, -0.25) is 4.79 Å². The van der Waals surface area contributed by atoms with E-state index in [1.165, 1.54) is 0 Å². The highest BCUT2D eigenvalue weighted by molar-refractivity contribution is 6.32. The van der Waals surface area contributed by atoms with Crippen molar-refractivity contribution >= 4 is 23.2 Å². The molecule has 4 heteroatoms. The normalized spacial score (nSPS) is 11.6. The Hall–Kier alpha value is -2.78. The molecule has 0 heterocycles. The molecule has 25 heavy (non-hydrogen) atoms. The first kappa shape index (κ1) is 17.1. The van der Waals surface area contributed by atoms with Crippen LogP contribution in [0.5, 0.6) is 5.75 Å². The minimum absolute atomic E-state index is 0.233. The van der Waals surface area contributed by atoms with Gasteiger partial charge in [-0.1, -0.05) is 72.3 Å². The molecule has 1 atom stereocenters. The van der Waals surface area contributed by atoms with Crippen molar-refractivity contribution < 1.29 is 9.53 Å². The van der Waals surface area contributed by atoms with Crippen LogP contribution in [0.3, 0.4) is 0 Å². The van der Waals surface area contributed by atoms with Gasteiger partial charge in [0.2, 0.25) is 0 Å². The lowest BCUT2D eigenvalue weighted by Crippen LogP contribution is -2.30. The lowest BCUT2D eigenvalue weighted by Gasteiger charge is -2.17. The smallest absolute Gasteiger partial charge is 0.265 e. The first-order valence-corrected chi connectivity index (χ1v) is 8.39. The maximum absolute atomic E-state index is 12.5. The summed E-state index contributed by atoms with van der Waals surface area (Å²) in [5.41, 5.74) is 2.74. The minimum Gasteiger partial charge on any atom is -0.479 e. The maximum Gasteiger partial charge on any atom is 0.265 e. The summed E-state index contributed by atoms with van der Waals surface area (Å²) in [6, 6.07) is 24.7. The Bertz CT molecular complexity index is 865. The van der Waals surface area contributed by atoms with Crippen LogP contribution in [0.15, 0.2) is 78.9 Å². The summed E-state index contributed by atoms with van der Waals surface area (Å²) in [7, 11) is 0. The highest BCUT2D eigenvalue weighted by atomic mass is 35.5. The van der Waals surface area contributed by atoms with Crippen molar-refractivity contribution in [3.05, 3.63) is 83.9 Å². The van der Waals surface area contributed by atoms with Crippen molar-refractivity contribution in [3.8, 4) is 16.9 Å². The van der Waals surface area contributed by atoms with E-state index in [0.29, 0.717) is 10.8 Å². The molecule has 3 aromatic carbocycles. The molecular formula is C21H18ClNO2. The van der Waals surface area contributed by atoms with E-state index in [4.69, 9.17) is 16.3 Å². The zero-order valence-corrected chi connectivity index (χ0v) is 14.5. The van der Waals surface area contributed by atoms with Crippen LogP contribution in [-0.4, -0.2) is 12.0 Å². The molecule has 0 radical (unpaired) electrons. The van der Waals surface area contributed by atoms with Crippen LogP contribution in [0.4, 0.5) is 5.69 Å². The summed E-state index contributed by atoms with van der Waals surface area (Å²) in [4.78, 5) is 12.5. The van der Waals surface area contributed by atoms with Crippen molar-refractivity contribution in [1.82, 2.24) is 0 Å². The molecule has 0 bridgehead atoms. The quantitative estimate of drug-likeness (QED) is 0.667. The van der Waals surface area contributed by atoms with Crippen LogP contribution < -0.4 is 10.1 Å². The number of nitrogens with one attached hydrogen (secondary N) is 1. The molecule has 3 nitrogen and oxygen atoms in total. The molecule has 3 aromatic rings. The fourth-order valence-corrected chi connectivity index (χ4v) is 2.66. The first-order valence-electron chi connectivity index (χ1n) is 8.01.